The SMILES string of the molecule is Cc1nn(-c2cccc(Cl)c2)c2sc(C(=O)NCC3(C(=O)O)CC3)cc12. The molecule has 8 heteroatoms. The number of thiophene rings is 1. The minimum atomic E-state index is -0.846. The van der Waals surface area contributed by atoms with Gasteiger partial charge in [-0.1, -0.05) is 17.7 Å². The molecule has 26 heavy (non-hydrogen) atoms. The van der Waals surface area contributed by atoms with Crippen LogP contribution in [0.15, 0.2) is 30.3 Å². The summed E-state index contributed by atoms with van der Waals surface area (Å²) in [5.41, 5.74) is 0.867. The fourth-order valence-electron chi connectivity index (χ4n) is 2.90. The largest absolute Gasteiger partial charge is 0.481 e. The highest BCUT2D eigenvalue weighted by Crippen LogP contribution is 2.45. The van der Waals surface area contributed by atoms with Gasteiger partial charge >= 0.3 is 5.97 Å². The average molecular weight is 390 g/mol. The number of carboxylic acid groups (broad SMARTS) is 1. The van der Waals surface area contributed by atoms with Gasteiger partial charge in [-0.2, -0.15) is 5.10 Å². The second kappa shape index (κ2) is 6.10. The average Bonchev–Trinajstić information content (AvgIpc) is 3.17. The van der Waals surface area contributed by atoms with E-state index in [1.807, 2.05) is 25.1 Å². The molecule has 4 rings (SSSR count). The van der Waals surface area contributed by atoms with Gasteiger partial charge in [0.05, 0.1) is 21.7 Å². The van der Waals surface area contributed by atoms with Gasteiger partial charge < -0.3 is 10.4 Å². The number of carbonyl (C=O) groups excluding carboxylic acids is 1. The van der Waals surface area contributed by atoms with Crippen LogP contribution >= 0.6 is 22.9 Å². The smallest absolute Gasteiger partial charge is 0.311 e. The fraction of sp³-hybridized carbons (Fsp3) is 0.278. The van der Waals surface area contributed by atoms with Crippen molar-refractivity contribution in [3.63, 3.8) is 0 Å². The standard InChI is InChI=1S/C18H16ClN3O3S/c1-10-13-8-14(15(23)20-9-18(5-6-18)17(24)25)26-16(13)22(21-10)12-4-2-3-11(19)7-12/h2-4,7-8H,5-6,9H2,1H3,(H,20,23)(H,24,25). The number of fused-ring (bicyclic) bond motifs is 1. The molecule has 1 saturated carbocycles. The summed E-state index contributed by atoms with van der Waals surface area (Å²) in [7, 11) is 0. The zero-order valence-corrected chi connectivity index (χ0v) is 15.5. The van der Waals surface area contributed by atoms with E-state index in [1.165, 1.54) is 11.3 Å². The van der Waals surface area contributed by atoms with E-state index >= 15 is 0 Å². The van der Waals surface area contributed by atoms with Gasteiger partial charge in [0, 0.05) is 17.0 Å². The summed E-state index contributed by atoms with van der Waals surface area (Å²) in [4.78, 5) is 25.1. The third kappa shape index (κ3) is 2.87. The lowest BCUT2D eigenvalue weighted by atomic mass is 10.1. The Balaban J connectivity index is 1.62. The quantitative estimate of drug-likeness (QED) is 0.697. The highest BCUT2D eigenvalue weighted by Gasteiger charge is 2.50. The van der Waals surface area contributed by atoms with Gasteiger partial charge in [0.2, 0.25) is 0 Å². The van der Waals surface area contributed by atoms with E-state index in [2.05, 4.69) is 10.4 Å². The number of aryl methyl sites for hydroxylation is 1. The number of benzene rings is 1. The van der Waals surface area contributed by atoms with Crippen molar-refractivity contribution in [3.8, 4) is 5.69 Å². The van der Waals surface area contributed by atoms with Crippen LogP contribution in [-0.2, 0) is 4.79 Å². The van der Waals surface area contributed by atoms with E-state index < -0.39 is 11.4 Å². The number of aromatic nitrogens is 2. The molecule has 1 aromatic carbocycles. The number of nitrogens with one attached hydrogen (secondary N) is 1. The van der Waals surface area contributed by atoms with Gasteiger partial charge in [-0.05, 0) is 44.0 Å². The molecule has 6 nitrogen and oxygen atoms in total. The van der Waals surface area contributed by atoms with E-state index in [0.717, 1.165) is 21.6 Å². The highest BCUT2D eigenvalue weighted by molar-refractivity contribution is 7.20. The minimum Gasteiger partial charge on any atom is -0.481 e. The van der Waals surface area contributed by atoms with E-state index in [0.29, 0.717) is 22.7 Å². The third-order valence-electron chi connectivity index (χ3n) is 4.72. The number of rotatable bonds is 5. The number of hydrogen-bond acceptors (Lipinski definition) is 4. The first kappa shape index (κ1) is 17.1. The van der Waals surface area contributed by atoms with Crippen molar-refractivity contribution in [3.05, 3.63) is 45.9 Å². The number of nitrogens with zero attached hydrogens (tertiary/aromatic N) is 2. The number of halogens is 1. The van der Waals surface area contributed by atoms with Crippen LogP contribution in [0.2, 0.25) is 5.02 Å². The Kier molecular flexibility index (Phi) is 4.00. The molecular weight excluding hydrogens is 374 g/mol. The van der Waals surface area contributed by atoms with Crippen LogP contribution in [-0.4, -0.2) is 33.3 Å². The van der Waals surface area contributed by atoms with Crippen LogP contribution < -0.4 is 5.32 Å². The summed E-state index contributed by atoms with van der Waals surface area (Å²) in [6, 6.07) is 9.17. The number of carbonyl (C=O) groups is 2. The zero-order chi connectivity index (χ0) is 18.5. The predicted molar refractivity (Wildman–Crippen MR) is 100 cm³/mol. The Bertz CT molecular complexity index is 1040. The van der Waals surface area contributed by atoms with Gasteiger partial charge in [-0.15, -0.1) is 11.3 Å². The van der Waals surface area contributed by atoms with Crippen molar-refractivity contribution in [2.45, 2.75) is 19.8 Å². The lowest BCUT2D eigenvalue weighted by Crippen LogP contribution is -2.33. The third-order valence-corrected chi connectivity index (χ3v) is 6.06. The van der Waals surface area contributed by atoms with E-state index in [9.17, 15) is 14.7 Å². The maximum absolute atomic E-state index is 12.5. The van der Waals surface area contributed by atoms with Crippen molar-refractivity contribution in [1.29, 1.82) is 0 Å². The van der Waals surface area contributed by atoms with E-state index in [4.69, 9.17) is 11.6 Å². The monoisotopic (exact) mass is 389 g/mol. The van der Waals surface area contributed by atoms with Crippen molar-refractivity contribution < 1.29 is 14.7 Å². The summed E-state index contributed by atoms with van der Waals surface area (Å²) < 4.78 is 1.78. The van der Waals surface area contributed by atoms with Gasteiger partial charge in [0.25, 0.3) is 5.91 Å². The molecule has 2 aromatic heterocycles. The number of amides is 1. The lowest BCUT2D eigenvalue weighted by Gasteiger charge is -2.10. The maximum atomic E-state index is 12.5. The van der Waals surface area contributed by atoms with Crippen LogP contribution in [0, 0.1) is 12.3 Å². The molecule has 1 fully saturated rings. The first-order valence-corrected chi connectivity index (χ1v) is 9.36. The van der Waals surface area contributed by atoms with Gasteiger partial charge in [0.1, 0.15) is 4.83 Å². The topological polar surface area (TPSA) is 84.2 Å². The molecule has 1 aliphatic rings. The molecule has 0 spiro atoms. The summed E-state index contributed by atoms with van der Waals surface area (Å²) in [6.45, 7) is 2.05. The van der Waals surface area contributed by atoms with Crippen LogP contribution in [0.25, 0.3) is 15.9 Å². The molecule has 1 amide bonds. The normalized spacial score (nSPS) is 15.2. The Morgan fingerprint density at radius 2 is 2.15 bits per heavy atom. The van der Waals surface area contributed by atoms with E-state index in [-0.39, 0.29) is 12.5 Å². The number of hydrogen-bond donors (Lipinski definition) is 2. The van der Waals surface area contributed by atoms with Gasteiger partial charge in [0.15, 0.2) is 0 Å². The Hall–Kier alpha value is -2.38. The van der Waals surface area contributed by atoms with Gasteiger partial charge in [-0.25, -0.2) is 4.68 Å². The molecule has 0 radical (unpaired) electrons. The molecule has 0 bridgehead atoms. The van der Waals surface area contributed by atoms with Crippen molar-refractivity contribution in [2.24, 2.45) is 5.41 Å². The highest BCUT2D eigenvalue weighted by atomic mass is 35.5. The minimum absolute atomic E-state index is 0.162. The first-order valence-electron chi connectivity index (χ1n) is 8.16. The molecule has 2 heterocycles. The Morgan fingerprint density at radius 3 is 2.81 bits per heavy atom. The molecule has 2 N–H and O–H groups in total. The summed E-state index contributed by atoms with van der Waals surface area (Å²) in [6.07, 6.45) is 1.22. The fourth-order valence-corrected chi connectivity index (χ4v) is 4.18. The van der Waals surface area contributed by atoms with Crippen LogP contribution in [0.4, 0.5) is 0 Å². The molecule has 0 aliphatic heterocycles. The molecule has 0 saturated heterocycles. The lowest BCUT2D eigenvalue weighted by molar-refractivity contribution is -0.143. The Labute approximate surface area is 158 Å². The molecule has 134 valence electrons. The number of aliphatic carboxylic acids is 1. The zero-order valence-electron chi connectivity index (χ0n) is 14.0. The summed E-state index contributed by atoms with van der Waals surface area (Å²) >= 11 is 7.40. The van der Waals surface area contributed by atoms with Crippen LogP contribution in [0.3, 0.4) is 0 Å². The van der Waals surface area contributed by atoms with Crippen LogP contribution in [0.5, 0.6) is 0 Å². The Morgan fingerprint density at radius 1 is 1.38 bits per heavy atom. The molecule has 1 aliphatic carbocycles. The molecule has 0 unspecified atom stereocenters. The van der Waals surface area contributed by atoms with Crippen LogP contribution in [0.1, 0.15) is 28.2 Å². The summed E-state index contributed by atoms with van der Waals surface area (Å²) in [5.74, 6) is -1.10. The van der Waals surface area contributed by atoms with Gasteiger partial charge in [-0.3, -0.25) is 9.59 Å². The van der Waals surface area contributed by atoms with Crippen molar-refractivity contribution in [2.75, 3.05) is 6.54 Å². The molecule has 0 atom stereocenters. The summed E-state index contributed by atoms with van der Waals surface area (Å²) in [5, 5.41) is 18.0. The van der Waals surface area contributed by atoms with E-state index in [1.54, 1.807) is 16.8 Å². The second-order valence-electron chi connectivity index (χ2n) is 6.57. The number of carboxylic acids is 1. The van der Waals surface area contributed by atoms with Crippen molar-refractivity contribution in [1.82, 2.24) is 15.1 Å². The maximum Gasteiger partial charge on any atom is 0.311 e. The molecule has 3 aromatic rings. The predicted octanol–water partition coefficient (Wildman–Crippen LogP) is 3.64. The van der Waals surface area contributed by atoms with Crippen molar-refractivity contribution >= 4 is 45.0 Å². The first-order chi connectivity index (χ1) is 12.4. The second-order valence-corrected chi connectivity index (χ2v) is 8.04. The molecular formula is C18H16ClN3O3S.